The molecule has 0 spiro atoms. The number of carbonyl (C=O) groups is 1. The van der Waals surface area contributed by atoms with Gasteiger partial charge in [0.1, 0.15) is 22.4 Å². The summed E-state index contributed by atoms with van der Waals surface area (Å²) in [4.78, 5) is 15.5. The van der Waals surface area contributed by atoms with Crippen LogP contribution in [0.1, 0.15) is 36.5 Å². The van der Waals surface area contributed by atoms with E-state index in [2.05, 4.69) is 38.1 Å². The smallest absolute Gasteiger partial charge is 0.266 e. The Morgan fingerprint density at radius 3 is 2.58 bits per heavy atom. The van der Waals surface area contributed by atoms with Crippen molar-refractivity contribution >= 4 is 40.3 Å². The fraction of sp³-hybridized carbons (Fsp3) is 0.194. The summed E-state index contributed by atoms with van der Waals surface area (Å²) in [5.41, 5.74) is 5.80. The third-order valence-corrected chi connectivity index (χ3v) is 7.67. The highest BCUT2D eigenvalue weighted by atomic mass is 32.2. The largest absolute Gasteiger partial charge is 0.489 e. The number of thiocarbonyl (C=S) groups is 1. The Bertz CT molecular complexity index is 1480. The van der Waals surface area contributed by atoms with Gasteiger partial charge in [-0.05, 0) is 49.2 Å². The SMILES string of the molecule is CCCCN1C(=O)/C(=C/c2cn(-c3ccccc3)nc2-c2cccc(OCc3ccc(C)cc3)c2)SC1=S. The normalized spacial score (nSPS) is 14.5. The van der Waals surface area contributed by atoms with Crippen LogP contribution < -0.4 is 4.74 Å². The molecule has 0 N–H and O–H groups in total. The van der Waals surface area contributed by atoms with E-state index in [4.69, 9.17) is 22.1 Å². The number of carbonyl (C=O) groups excluding carboxylic acids is 1. The molecule has 0 unspecified atom stereocenters. The summed E-state index contributed by atoms with van der Waals surface area (Å²) in [5.74, 6) is 0.719. The van der Waals surface area contributed by atoms with E-state index in [1.54, 1.807) is 4.90 Å². The highest BCUT2D eigenvalue weighted by Gasteiger charge is 2.32. The van der Waals surface area contributed by atoms with Crippen LogP contribution in [0.4, 0.5) is 0 Å². The highest BCUT2D eigenvalue weighted by molar-refractivity contribution is 8.26. The zero-order valence-corrected chi connectivity index (χ0v) is 23.1. The quantitative estimate of drug-likeness (QED) is 0.164. The number of unbranched alkanes of at least 4 members (excludes halogenated alkanes) is 1. The molecule has 1 aromatic heterocycles. The molecule has 2 heterocycles. The van der Waals surface area contributed by atoms with Gasteiger partial charge in [0.15, 0.2) is 0 Å². The average Bonchev–Trinajstić information content (AvgIpc) is 3.48. The predicted molar refractivity (Wildman–Crippen MR) is 159 cm³/mol. The zero-order chi connectivity index (χ0) is 26.5. The van der Waals surface area contributed by atoms with Crippen molar-refractivity contribution in [1.29, 1.82) is 0 Å². The second kappa shape index (κ2) is 11.8. The molecule has 0 atom stereocenters. The molecule has 0 radical (unpaired) electrons. The minimum absolute atomic E-state index is 0.0398. The van der Waals surface area contributed by atoms with Gasteiger partial charge in [0.05, 0.1) is 10.6 Å². The van der Waals surface area contributed by atoms with Crippen molar-refractivity contribution in [3.8, 4) is 22.7 Å². The molecule has 0 bridgehead atoms. The Balaban J connectivity index is 1.48. The van der Waals surface area contributed by atoms with E-state index >= 15 is 0 Å². The molecular weight excluding hydrogens is 510 g/mol. The molecule has 5 nitrogen and oxygen atoms in total. The molecule has 38 heavy (non-hydrogen) atoms. The number of hydrogen-bond acceptors (Lipinski definition) is 5. The predicted octanol–water partition coefficient (Wildman–Crippen LogP) is 7.43. The number of benzene rings is 3. The molecular formula is C31H29N3O2S2. The van der Waals surface area contributed by atoms with Crippen LogP contribution in [0.25, 0.3) is 23.0 Å². The van der Waals surface area contributed by atoms with Gasteiger partial charge in [-0.3, -0.25) is 9.69 Å². The van der Waals surface area contributed by atoms with Gasteiger partial charge in [0.2, 0.25) is 0 Å². The van der Waals surface area contributed by atoms with E-state index in [0.29, 0.717) is 22.4 Å². The minimum atomic E-state index is -0.0398. The number of thioether (sulfide) groups is 1. The number of nitrogens with zero attached hydrogens (tertiary/aromatic N) is 3. The van der Waals surface area contributed by atoms with Gasteiger partial charge >= 0.3 is 0 Å². The number of aromatic nitrogens is 2. The van der Waals surface area contributed by atoms with Gasteiger partial charge in [-0.15, -0.1) is 0 Å². The number of hydrogen-bond donors (Lipinski definition) is 0. The fourth-order valence-corrected chi connectivity index (χ4v) is 5.46. The lowest BCUT2D eigenvalue weighted by Gasteiger charge is -2.13. The molecule has 4 aromatic rings. The molecule has 1 aliphatic heterocycles. The van der Waals surface area contributed by atoms with E-state index < -0.39 is 0 Å². The van der Waals surface area contributed by atoms with Gasteiger partial charge in [-0.25, -0.2) is 4.68 Å². The van der Waals surface area contributed by atoms with E-state index in [9.17, 15) is 4.79 Å². The third-order valence-electron chi connectivity index (χ3n) is 6.29. The maximum atomic E-state index is 13.1. The Kier molecular flexibility index (Phi) is 8.05. The summed E-state index contributed by atoms with van der Waals surface area (Å²) in [7, 11) is 0. The molecule has 1 saturated heterocycles. The standard InChI is InChI=1S/C31H29N3O2S2/c1-3-4-17-33-30(35)28(38-31(33)37)19-25-20-34(26-10-6-5-7-11-26)32-29(25)24-9-8-12-27(18-24)36-21-23-15-13-22(2)14-16-23/h5-16,18-20H,3-4,17,21H2,1-2H3/b28-19-. The highest BCUT2D eigenvalue weighted by Crippen LogP contribution is 2.35. The number of rotatable bonds is 9. The van der Waals surface area contributed by atoms with Crippen LogP contribution in [0.2, 0.25) is 0 Å². The van der Waals surface area contributed by atoms with Gasteiger partial charge in [-0.2, -0.15) is 5.10 Å². The van der Waals surface area contributed by atoms with Crippen LogP contribution in [-0.2, 0) is 11.4 Å². The summed E-state index contributed by atoms with van der Waals surface area (Å²) in [5, 5.41) is 4.92. The summed E-state index contributed by atoms with van der Waals surface area (Å²) < 4.78 is 8.57. The lowest BCUT2D eigenvalue weighted by molar-refractivity contribution is -0.122. The van der Waals surface area contributed by atoms with Crippen molar-refractivity contribution in [2.75, 3.05) is 6.54 Å². The summed E-state index contributed by atoms with van der Waals surface area (Å²) in [6, 6.07) is 26.2. The van der Waals surface area contributed by atoms with Gasteiger partial charge in [-0.1, -0.05) is 97.5 Å². The first-order valence-corrected chi connectivity index (χ1v) is 13.9. The first-order valence-electron chi connectivity index (χ1n) is 12.7. The lowest BCUT2D eigenvalue weighted by atomic mass is 10.1. The van der Waals surface area contributed by atoms with Crippen molar-refractivity contribution in [2.24, 2.45) is 0 Å². The first-order chi connectivity index (χ1) is 18.5. The van der Waals surface area contributed by atoms with Crippen LogP contribution >= 0.6 is 24.0 Å². The zero-order valence-electron chi connectivity index (χ0n) is 21.5. The maximum absolute atomic E-state index is 13.1. The average molecular weight is 540 g/mol. The summed E-state index contributed by atoms with van der Waals surface area (Å²) in [6.45, 7) is 5.31. The molecule has 1 fully saturated rings. The van der Waals surface area contributed by atoms with Crippen LogP contribution in [0.5, 0.6) is 5.75 Å². The van der Waals surface area contributed by atoms with E-state index in [-0.39, 0.29) is 5.91 Å². The molecule has 0 aliphatic carbocycles. The van der Waals surface area contributed by atoms with Gasteiger partial charge < -0.3 is 4.74 Å². The molecule has 192 valence electrons. The first kappa shape index (κ1) is 25.9. The van der Waals surface area contributed by atoms with Crippen LogP contribution in [0, 0.1) is 6.92 Å². The molecule has 3 aromatic carbocycles. The van der Waals surface area contributed by atoms with Gasteiger partial charge in [0, 0.05) is 23.9 Å². The van der Waals surface area contributed by atoms with E-state index in [1.165, 1.54) is 17.3 Å². The topological polar surface area (TPSA) is 47.4 Å². The van der Waals surface area contributed by atoms with Crippen LogP contribution in [0.15, 0.2) is 90.0 Å². The number of ether oxygens (including phenoxy) is 1. The fourth-order valence-electron chi connectivity index (χ4n) is 4.16. The van der Waals surface area contributed by atoms with Crippen molar-refractivity contribution in [3.05, 3.63) is 107 Å². The Morgan fingerprint density at radius 1 is 1.03 bits per heavy atom. The molecule has 7 heteroatoms. The van der Waals surface area contributed by atoms with Crippen molar-refractivity contribution < 1.29 is 9.53 Å². The summed E-state index contributed by atoms with van der Waals surface area (Å²) in [6.07, 6.45) is 5.80. The molecule has 1 amide bonds. The van der Waals surface area contributed by atoms with Crippen LogP contribution in [-0.4, -0.2) is 31.5 Å². The number of para-hydroxylation sites is 1. The number of aryl methyl sites for hydroxylation is 1. The lowest BCUT2D eigenvalue weighted by Crippen LogP contribution is -2.28. The van der Waals surface area contributed by atoms with E-state index in [1.807, 2.05) is 71.6 Å². The van der Waals surface area contributed by atoms with Crippen molar-refractivity contribution in [2.45, 2.75) is 33.3 Å². The van der Waals surface area contributed by atoms with Crippen molar-refractivity contribution in [3.63, 3.8) is 0 Å². The second-order valence-electron chi connectivity index (χ2n) is 9.20. The third kappa shape index (κ3) is 5.90. The van der Waals surface area contributed by atoms with Gasteiger partial charge in [0.25, 0.3) is 5.91 Å². The Labute approximate surface area is 233 Å². The Morgan fingerprint density at radius 2 is 1.82 bits per heavy atom. The maximum Gasteiger partial charge on any atom is 0.266 e. The van der Waals surface area contributed by atoms with Crippen molar-refractivity contribution in [1.82, 2.24) is 14.7 Å². The second-order valence-corrected chi connectivity index (χ2v) is 10.9. The molecule has 1 aliphatic rings. The molecule has 5 rings (SSSR count). The minimum Gasteiger partial charge on any atom is -0.489 e. The van der Waals surface area contributed by atoms with Crippen LogP contribution in [0.3, 0.4) is 0 Å². The molecule has 0 saturated carbocycles. The monoisotopic (exact) mass is 539 g/mol. The van der Waals surface area contributed by atoms with E-state index in [0.717, 1.165) is 46.7 Å². The number of amides is 1. The summed E-state index contributed by atoms with van der Waals surface area (Å²) >= 11 is 6.87. The Hall–Kier alpha value is -3.68.